The van der Waals surface area contributed by atoms with Crippen molar-refractivity contribution in [1.82, 2.24) is 9.55 Å². The Bertz CT molecular complexity index is 783. The van der Waals surface area contributed by atoms with Crippen LogP contribution in [0.4, 0.5) is 0 Å². The summed E-state index contributed by atoms with van der Waals surface area (Å²) in [5, 5.41) is -0.0631. The largest absolute Gasteiger partial charge is 0.377 e. The van der Waals surface area contributed by atoms with Crippen molar-refractivity contribution in [3.8, 4) is 0 Å². The quantitative estimate of drug-likeness (QED) is 0.406. The molecule has 0 unspecified atom stereocenters. The molecule has 12 heteroatoms. The Morgan fingerprint density at radius 1 is 1.48 bits per heavy atom. The van der Waals surface area contributed by atoms with E-state index in [0.717, 1.165) is 0 Å². The van der Waals surface area contributed by atoms with E-state index in [0.29, 0.717) is 11.9 Å². The van der Waals surface area contributed by atoms with Crippen LogP contribution in [0.25, 0.3) is 0 Å². The van der Waals surface area contributed by atoms with Gasteiger partial charge in [-0.25, -0.2) is 4.79 Å². The molecule has 1 aliphatic heterocycles. The fourth-order valence-corrected chi connectivity index (χ4v) is 3.07. The van der Waals surface area contributed by atoms with Gasteiger partial charge in [0.2, 0.25) is 0 Å². The lowest BCUT2D eigenvalue weighted by atomic mass is 9.83. The van der Waals surface area contributed by atoms with Crippen molar-refractivity contribution in [1.29, 1.82) is 0 Å². The summed E-state index contributed by atoms with van der Waals surface area (Å²) in [5.41, 5.74) is -0.762. The Morgan fingerprint density at radius 3 is 2.65 bits per heavy atom. The molecule has 23 heavy (non-hydrogen) atoms. The molecule has 2 rings (SSSR count). The van der Waals surface area contributed by atoms with Crippen molar-refractivity contribution in [2.24, 2.45) is 0 Å². The van der Waals surface area contributed by atoms with E-state index in [-0.39, 0.29) is 5.21 Å². The summed E-state index contributed by atoms with van der Waals surface area (Å²) in [6.07, 6.45) is -0.265. The third-order valence-electron chi connectivity index (χ3n) is 3.99. The Morgan fingerprint density at radius 2 is 2.13 bits per heavy atom. The molecule has 1 aliphatic rings. The summed E-state index contributed by atoms with van der Waals surface area (Å²) in [5.74, 6) is 0. The fourth-order valence-electron chi connectivity index (χ4n) is 2.47. The SMILES string of the molecule is B/C(=C(/B)P(=O)(O)O)[C@@H]1C[C@@H](OC)[C@H](n2ccc(=O)[nH]c2=O)O1. The zero-order valence-corrected chi connectivity index (χ0v) is 13.8. The van der Waals surface area contributed by atoms with Crippen LogP contribution in [0.15, 0.2) is 32.5 Å². The molecular formula is C11H17B2N2O7P. The number of methoxy groups -OCH3 is 1. The zero-order chi connectivity index (χ0) is 17.4. The molecular weight excluding hydrogens is 325 g/mol. The first-order chi connectivity index (χ1) is 10.6. The number of aromatic nitrogens is 2. The number of H-pyrrole nitrogens is 1. The number of ether oxygens (including phenoxy) is 2. The van der Waals surface area contributed by atoms with Crippen LogP contribution in [-0.4, -0.2) is 54.3 Å². The summed E-state index contributed by atoms with van der Waals surface area (Å²) in [4.78, 5) is 43.7. The summed E-state index contributed by atoms with van der Waals surface area (Å²) in [7, 11) is 0.0161. The Hall–Kier alpha value is -1.38. The van der Waals surface area contributed by atoms with Crippen LogP contribution in [0.3, 0.4) is 0 Å². The van der Waals surface area contributed by atoms with E-state index >= 15 is 0 Å². The van der Waals surface area contributed by atoms with Gasteiger partial charge < -0.3 is 19.3 Å². The number of hydrogen-bond acceptors (Lipinski definition) is 5. The van der Waals surface area contributed by atoms with Crippen LogP contribution in [0, 0.1) is 0 Å². The molecule has 1 aromatic heterocycles. The summed E-state index contributed by atoms with van der Waals surface area (Å²) < 4.78 is 23.6. The third-order valence-corrected chi connectivity index (χ3v) is 5.21. The van der Waals surface area contributed by atoms with E-state index in [1.165, 1.54) is 31.8 Å². The van der Waals surface area contributed by atoms with Crippen molar-refractivity contribution < 1.29 is 23.8 Å². The summed E-state index contributed by atoms with van der Waals surface area (Å²) in [6, 6.07) is 1.19. The molecule has 0 saturated carbocycles. The molecule has 0 spiro atoms. The van der Waals surface area contributed by atoms with Gasteiger partial charge in [0, 0.05) is 25.8 Å². The molecule has 0 amide bonds. The van der Waals surface area contributed by atoms with Crippen LogP contribution in [0.2, 0.25) is 0 Å². The lowest BCUT2D eigenvalue weighted by molar-refractivity contribution is -0.0439. The summed E-state index contributed by atoms with van der Waals surface area (Å²) >= 11 is 0. The topological polar surface area (TPSA) is 131 Å². The van der Waals surface area contributed by atoms with Crippen LogP contribution in [-0.2, 0) is 14.0 Å². The number of nitrogens with one attached hydrogen (secondary N) is 1. The molecule has 2 heterocycles. The predicted octanol–water partition coefficient (Wildman–Crippen LogP) is -2.55. The lowest BCUT2D eigenvalue weighted by Crippen LogP contribution is -2.35. The fraction of sp³-hybridized carbons (Fsp3) is 0.455. The van der Waals surface area contributed by atoms with Gasteiger partial charge in [-0.3, -0.25) is 18.9 Å². The van der Waals surface area contributed by atoms with Gasteiger partial charge in [-0.2, -0.15) is 0 Å². The number of aromatic amines is 1. The maximum Gasteiger partial charge on any atom is 0.341 e. The molecule has 1 saturated heterocycles. The highest BCUT2D eigenvalue weighted by molar-refractivity contribution is 7.59. The van der Waals surface area contributed by atoms with E-state index in [2.05, 4.69) is 4.98 Å². The van der Waals surface area contributed by atoms with Crippen molar-refractivity contribution >= 4 is 23.3 Å². The highest BCUT2D eigenvalue weighted by atomic mass is 31.2. The Balaban J connectivity index is 2.36. The van der Waals surface area contributed by atoms with Gasteiger partial charge in [-0.1, -0.05) is 5.47 Å². The molecule has 9 nitrogen and oxygen atoms in total. The minimum absolute atomic E-state index is 0.0631. The Kier molecular flexibility index (Phi) is 5.17. The van der Waals surface area contributed by atoms with Crippen LogP contribution in [0.5, 0.6) is 0 Å². The molecule has 1 fully saturated rings. The minimum Gasteiger partial charge on any atom is -0.377 e. The predicted molar refractivity (Wildman–Crippen MR) is 86.8 cm³/mol. The van der Waals surface area contributed by atoms with Gasteiger partial charge in [0.15, 0.2) is 6.23 Å². The molecule has 3 atom stereocenters. The third kappa shape index (κ3) is 3.76. The van der Waals surface area contributed by atoms with Crippen molar-refractivity contribution in [3.63, 3.8) is 0 Å². The highest BCUT2D eigenvalue weighted by Crippen LogP contribution is 2.46. The monoisotopic (exact) mass is 342 g/mol. The van der Waals surface area contributed by atoms with E-state index in [4.69, 9.17) is 9.47 Å². The Labute approximate surface area is 133 Å². The number of rotatable bonds is 4. The average Bonchev–Trinajstić information content (AvgIpc) is 2.88. The van der Waals surface area contributed by atoms with Crippen LogP contribution in [0.1, 0.15) is 12.6 Å². The van der Waals surface area contributed by atoms with Crippen LogP contribution < -0.4 is 11.2 Å². The molecule has 1 aromatic rings. The van der Waals surface area contributed by atoms with Gasteiger partial charge in [-0.05, 0) is 5.21 Å². The maximum absolute atomic E-state index is 11.9. The second kappa shape index (κ2) is 6.62. The van der Waals surface area contributed by atoms with Gasteiger partial charge in [0.1, 0.15) is 21.8 Å². The molecule has 0 aliphatic carbocycles. The molecule has 0 bridgehead atoms. The van der Waals surface area contributed by atoms with Crippen LogP contribution >= 0.6 is 7.60 Å². The smallest absolute Gasteiger partial charge is 0.341 e. The second-order valence-electron chi connectivity index (χ2n) is 5.36. The highest BCUT2D eigenvalue weighted by Gasteiger charge is 2.39. The zero-order valence-electron chi connectivity index (χ0n) is 12.9. The number of hydrogen-bond donors (Lipinski definition) is 3. The standard InChI is InChI=1S/C11H17B2N2O7P/c1-21-6-4-5(8(12)9(13)23(18,19)20)22-10(6)15-3-2-7(16)14-11(15)17/h2-3,5-6,10H,4,12-13H2,1H3,(H,14,16,17)(H2,18,19,20)/b9-8-/t5-,6+,10+/m0/s1. The second-order valence-corrected chi connectivity index (χ2v) is 7.11. The van der Waals surface area contributed by atoms with Gasteiger partial charge in [0.05, 0.1) is 6.10 Å². The van der Waals surface area contributed by atoms with E-state index in [1.54, 1.807) is 7.85 Å². The first kappa shape index (κ1) is 18.0. The van der Waals surface area contributed by atoms with Gasteiger partial charge in [0.25, 0.3) is 5.56 Å². The first-order valence-electron chi connectivity index (χ1n) is 6.88. The first-order valence-corrected chi connectivity index (χ1v) is 8.49. The van der Waals surface area contributed by atoms with Gasteiger partial charge in [-0.15, -0.1) is 0 Å². The van der Waals surface area contributed by atoms with E-state index in [9.17, 15) is 23.9 Å². The van der Waals surface area contributed by atoms with Crippen molar-refractivity contribution in [3.05, 3.63) is 43.8 Å². The lowest BCUT2D eigenvalue weighted by Gasteiger charge is -2.20. The van der Waals surface area contributed by atoms with Crippen molar-refractivity contribution in [2.45, 2.75) is 24.9 Å². The van der Waals surface area contributed by atoms with E-state index < -0.39 is 37.3 Å². The number of nitrogens with zero attached hydrogens (tertiary/aromatic N) is 1. The molecule has 3 N–H and O–H groups in total. The molecule has 0 aromatic carbocycles. The van der Waals surface area contributed by atoms with Crippen molar-refractivity contribution in [2.75, 3.05) is 7.11 Å². The van der Waals surface area contributed by atoms with Gasteiger partial charge >= 0.3 is 13.3 Å². The summed E-state index contributed by atoms with van der Waals surface area (Å²) in [6.45, 7) is 0. The molecule has 0 radical (unpaired) electrons. The average molecular weight is 342 g/mol. The van der Waals surface area contributed by atoms with E-state index in [1.807, 2.05) is 0 Å². The normalized spacial score (nSPS) is 26.1. The minimum atomic E-state index is -4.36. The molecule has 124 valence electrons. The maximum atomic E-state index is 11.9.